The number of ether oxygens (including phenoxy) is 2. The fourth-order valence-electron chi connectivity index (χ4n) is 3.30. The number of nitrogens with one attached hydrogen (secondary N) is 1. The normalized spacial score (nSPS) is 13.3. The average molecular weight is 382 g/mol. The van der Waals surface area contributed by atoms with Gasteiger partial charge in [0.1, 0.15) is 0 Å². The summed E-state index contributed by atoms with van der Waals surface area (Å²) in [7, 11) is 1.50. The summed E-state index contributed by atoms with van der Waals surface area (Å²) in [5.41, 5.74) is 3.51. The molecular weight excluding hydrogens is 356 g/mol. The van der Waals surface area contributed by atoms with Crippen LogP contribution in [0.5, 0.6) is 11.5 Å². The molecule has 2 aromatic carbocycles. The molecule has 1 aliphatic rings. The van der Waals surface area contributed by atoms with Crippen LogP contribution in [0.3, 0.4) is 0 Å². The van der Waals surface area contributed by atoms with Crippen LogP contribution in [0, 0.1) is 6.92 Å². The quantitative estimate of drug-likeness (QED) is 0.737. The van der Waals surface area contributed by atoms with E-state index in [0.29, 0.717) is 17.1 Å². The monoisotopic (exact) mass is 382 g/mol. The lowest BCUT2D eigenvalue weighted by atomic mass is 10.1. The van der Waals surface area contributed by atoms with Gasteiger partial charge in [0.25, 0.3) is 5.91 Å². The molecule has 0 aliphatic carbocycles. The van der Waals surface area contributed by atoms with E-state index in [4.69, 9.17) is 9.47 Å². The van der Waals surface area contributed by atoms with Gasteiger partial charge in [0, 0.05) is 30.0 Å². The smallest absolute Gasteiger partial charge is 0.262 e. The van der Waals surface area contributed by atoms with Crippen molar-refractivity contribution >= 4 is 23.1 Å². The van der Waals surface area contributed by atoms with E-state index < -0.39 is 0 Å². The number of anilines is 2. The molecule has 0 atom stereocenters. The van der Waals surface area contributed by atoms with Crippen LogP contribution < -0.4 is 19.7 Å². The molecule has 148 valence electrons. The van der Waals surface area contributed by atoms with Gasteiger partial charge in [-0.05, 0) is 68.7 Å². The number of carbonyl (C=O) groups excluding carboxylic acids is 2. The highest BCUT2D eigenvalue weighted by Crippen LogP contribution is 2.29. The molecule has 0 saturated carbocycles. The SMILES string of the molecule is COc1cc(C(C)=O)ccc1OCC(=O)Nc1ccc(N2CCCC2)cc1C. The minimum atomic E-state index is -0.255. The van der Waals surface area contributed by atoms with E-state index >= 15 is 0 Å². The van der Waals surface area contributed by atoms with Gasteiger partial charge >= 0.3 is 0 Å². The second-order valence-corrected chi connectivity index (χ2v) is 6.95. The third kappa shape index (κ3) is 4.63. The molecule has 1 aliphatic heterocycles. The molecule has 1 amide bonds. The Hall–Kier alpha value is -3.02. The average Bonchev–Trinajstić information content (AvgIpc) is 3.22. The summed E-state index contributed by atoms with van der Waals surface area (Å²) in [5.74, 6) is 0.528. The Kier molecular flexibility index (Phi) is 6.19. The zero-order valence-corrected chi connectivity index (χ0v) is 16.6. The van der Waals surface area contributed by atoms with Gasteiger partial charge in [-0.15, -0.1) is 0 Å². The largest absolute Gasteiger partial charge is 0.493 e. The topological polar surface area (TPSA) is 67.9 Å². The maximum absolute atomic E-state index is 12.3. The van der Waals surface area contributed by atoms with Crippen molar-refractivity contribution in [3.05, 3.63) is 47.5 Å². The van der Waals surface area contributed by atoms with E-state index in [-0.39, 0.29) is 18.3 Å². The van der Waals surface area contributed by atoms with Crippen LogP contribution in [0.1, 0.15) is 35.7 Å². The predicted molar refractivity (Wildman–Crippen MR) is 110 cm³/mol. The van der Waals surface area contributed by atoms with Crippen LogP contribution >= 0.6 is 0 Å². The molecular formula is C22H26N2O4. The lowest BCUT2D eigenvalue weighted by molar-refractivity contribution is -0.118. The van der Waals surface area contributed by atoms with Crippen molar-refractivity contribution in [2.45, 2.75) is 26.7 Å². The van der Waals surface area contributed by atoms with Gasteiger partial charge in [0.2, 0.25) is 0 Å². The molecule has 1 fully saturated rings. The van der Waals surface area contributed by atoms with E-state index in [1.807, 2.05) is 19.1 Å². The zero-order valence-electron chi connectivity index (χ0n) is 16.6. The van der Waals surface area contributed by atoms with Gasteiger partial charge in [0.05, 0.1) is 7.11 Å². The second kappa shape index (κ2) is 8.78. The Bertz CT molecular complexity index is 873. The number of hydrogen-bond acceptors (Lipinski definition) is 5. The molecule has 6 heteroatoms. The highest BCUT2D eigenvalue weighted by Gasteiger charge is 2.14. The highest BCUT2D eigenvalue weighted by molar-refractivity contribution is 5.95. The van der Waals surface area contributed by atoms with Crippen LogP contribution in [0.25, 0.3) is 0 Å². The van der Waals surface area contributed by atoms with Crippen molar-refractivity contribution in [3.8, 4) is 11.5 Å². The van der Waals surface area contributed by atoms with Crippen molar-refractivity contribution in [1.29, 1.82) is 0 Å². The molecule has 1 saturated heterocycles. The van der Waals surface area contributed by atoms with Crippen LogP contribution in [-0.4, -0.2) is 38.5 Å². The standard InChI is InChI=1S/C22H26N2O4/c1-15-12-18(24-10-4-5-11-24)7-8-19(15)23-22(26)14-28-20-9-6-17(16(2)25)13-21(20)27-3/h6-9,12-13H,4-5,10-11,14H2,1-3H3,(H,23,26). The highest BCUT2D eigenvalue weighted by atomic mass is 16.5. The van der Waals surface area contributed by atoms with Crippen molar-refractivity contribution < 1.29 is 19.1 Å². The number of rotatable bonds is 7. The molecule has 1 heterocycles. The molecule has 2 aromatic rings. The fourth-order valence-corrected chi connectivity index (χ4v) is 3.30. The summed E-state index contributed by atoms with van der Waals surface area (Å²) in [6, 6.07) is 11.0. The first-order valence-electron chi connectivity index (χ1n) is 9.45. The Morgan fingerprint density at radius 3 is 2.46 bits per heavy atom. The second-order valence-electron chi connectivity index (χ2n) is 6.95. The summed E-state index contributed by atoms with van der Waals surface area (Å²) < 4.78 is 10.8. The molecule has 0 unspecified atom stereocenters. The van der Waals surface area contributed by atoms with Crippen LogP contribution in [0.2, 0.25) is 0 Å². The minimum Gasteiger partial charge on any atom is -0.493 e. The van der Waals surface area contributed by atoms with E-state index in [1.165, 1.54) is 32.6 Å². The summed E-state index contributed by atoms with van der Waals surface area (Å²) in [6.07, 6.45) is 2.46. The maximum Gasteiger partial charge on any atom is 0.262 e. The Morgan fingerprint density at radius 1 is 1.07 bits per heavy atom. The lowest BCUT2D eigenvalue weighted by Crippen LogP contribution is -2.21. The van der Waals surface area contributed by atoms with E-state index in [1.54, 1.807) is 18.2 Å². The van der Waals surface area contributed by atoms with E-state index in [9.17, 15) is 9.59 Å². The Labute approximate surface area is 165 Å². The third-order valence-corrected chi connectivity index (χ3v) is 4.88. The fraction of sp³-hybridized carbons (Fsp3) is 0.364. The molecule has 0 spiro atoms. The first-order valence-corrected chi connectivity index (χ1v) is 9.45. The van der Waals surface area contributed by atoms with Gasteiger partial charge in [-0.3, -0.25) is 9.59 Å². The predicted octanol–water partition coefficient (Wildman–Crippen LogP) is 3.82. The Morgan fingerprint density at radius 2 is 1.82 bits per heavy atom. The number of aryl methyl sites for hydroxylation is 1. The number of Topliss-reactive ketones (excluding diaryl/α,β-unsaturated/α-hetero) is 1. The van der Waals surface area contributed by atoms with Crippen molar-refractivity contribution in [2.24, 2.45) is 0 Å². The van der Waals surface area contributed by atoms with Gasteiger partial charge in [0.15, 0.2) is 23.9 Å². The van der Waals surface area contributed by atoms with E-state index in [2.05, 4.69) is 16.3 Å². The molecule has 3 rings (SSSR count). The number of carbonyl (C=O) groups is 2. The Balaban J connectivity index is 1.61. The number of nitrogens with zero attached hydrogens (tertiary/aromatic N) is 1. The van der Waals surface area contributed by atoms with Crippen molar-refractivity contribution in [1.82, 2.24) is 0 Å². The van der Waals surface area contributed by atoms with Crippen LogP contribution in [0.15, 0.2) is 36.4 Å². The van der Waals surface area contributed by atoms with Crippen LogP contribution in [0.4, 0.5) is 11.4 Å². The summed E-state index contributed by atoms with van der Waals surface area (Å²) in [4.78, 5) is 26.1. The number of methoxy groups -OCH3 is 1. The van der Waals surface area contributed by atoms with Gasteiger partial charge < -0.3 is 19.7 Å². The van der Waals surface area contributed by atoms with E-state index in [0.717, 1.165) is 24.3 Å². The van der Waals surface area contributed by atoms with Crippen molar-refractivity contribution in [3.63, 3.8) is 0 Å². The maximum atomic E-state index is 12.3. The zero-order chi connectivity index (χ0) is 20.1. The minimum absolute atomic E-state index is 0.0598. The molecule has 0 bridgehead atoms. The molecule has 1 N–H and O–H groups in total. The molecule has 6 nitrogen and oxygen atoms in total. The van der Waals surface area contributed by atoms with Gasteiger partial charge in [-0.2, -0.15) is 0 Å². The first-order chi connectivity index (χ1) is 13.5. The summed E-state index contributed by atoms with van der Waals surface area (Å²) in [5, 5.41) is 2.89. The number of ketones is 1. The lowest BCUT2D eigenvalue weighted by Gasteiger charge is -2.19. The first kappa shape index (κ1) is 19.7. The summed E-state index contributed by atoms with van der Waals surface area (Å²) >= 11 is 0. The van der Waals surface area contributed by atoms with Gasteiger partial charge in [-0.25, -0.2) is 0 Å². The van der Waals surface area contributed by atoms with Crippen LogP contribution in [-0.2, 0) is 4.79 Å². The number of hydrogen-bond donors (Lipinski definition) is 1. The number of amides is 1. The summed E-state index contributed by atoms with van der Waals surface area (Å²) in [6.45, 7) is 5.50. The van der Waals surface area contributed by atoms with Crippen molar-refractivity contribution in [2.75, 3.05) is 37.0 Å². The van der Waals surface area contributed by atoms with Gasteiger partial charge in [-0.1, -0.05) is 0 Å². The number of benzene rings is 2. The molecule has 0 radical (unpaired) electrons. The molecule has 28 heavy (non-hydrogen) atoms. The third-order valence-electron chi connectivity index (χ3n) is 4.88. The molecule has 0 aromatic heterocycles.